The van der Waals surface area contributed by atoms with Crippen LogP contribution in [0.2, 0.25) is 0 Å². The van der Waals surface area contributed by atoms with Gasteiger partial charge < -0.3 is 9.72 Å². The number of rotatable bonds is 1. The molecule has 5 nitrogen and oxygen atoms in total. The Hall–Kier alpha value is -2.04. The van der Waals surface area contributed by atoms with E-state index in [-0.39, 0.29) is 5.60 Å². The Morgan fingerprint density at radius 2 is 1.82 bits per heavy atom. The molecule has 0 atom stereocenters. The first-order valence-electron chi connectivity index (χ1n) is 5.30. The number of nitrogens with one attached hydrogen (secondary N) is 2. The third kappa shape index (κ3) is 2.55. The second-order valence-electron chi connectivity index (χ2n) is 4.83. The fraction of sp³-hybridized carbons (Fsp3) is 0.333. The lowest BCUT2D eigenvalue weighted by molar-refractivity contribution is 0.131. The number of aromatic amines is 2. The third-order valence-electron chi connectivity index (χ3n) is 2.13. The topological polar surface area (TPSA) is 75.0 Å². The highest BCUT2D eigenvalue weighted by atomic mass is 16.5. The molecule has 1 aromatic carbocycles. The number of hydrogen-bond donors (Lipinski definition) is 2. The molecule has 0 aliphatic heterocycles. The van der Waals surface area contributed by atoms with E-state index in [1.807, 2.05) is 20.8 Å². The van der Waals surface area contributed by atoms with Crippen molar-refractivity contribution < 1.29 is 4.74 Å². The Balaban J connectivity index is 2.58. The van der Waals surface area contributed by atoms with Crippen molar-refractivity contribution in [3.63, 3.8) is 0 Å². The molecule has 17 heavy (non-hydrogen) atoms. The number of benzene rings is 1. The minimum atomic E-state index is -0.518. The highest BCUT2D eigenvalue weighted by Crippen LogP contribution is 2.20. The summed E-state index contributed by atoms with van der Waals surface area (Å²) in [7, 11) is 0. The van der Waals surface area contributed by atoms with Crippen molar-refractivity contribution in [2.75, 3.05) is 0 Å². The quantitative estimate of drug-likeness (QED) is 0.783. The summed E-state index contributed by atoms with van der Waals surface area (Å²) in [6.07, 6.45) is 0. The number of H-pyrrole nitrogens is 2. The summed E-state index contributed by atoms with van der Waals surface area (Å²) in [5.41, 5.74) is -0.767. The van der Waals surface area contributed by atoms with E-state index >= 15 is 0 Å². The minimum absolute atomic E-state index is 0.324. The summed E-state index contributed by atoms with van der Waals surface area (Å²) in [4.78, 5) is 27.4. The van der Waals surface area contributed by atoms with Gasteiger partial charge in [0.25, 0.3) is 5.56 Å². The summed E-state index contributed by atoms with van der Waals surface area (Å²) < 4.78 is 5.66. The predicted molar refractivity (Wildman–Crippen MR) is 65.6 cm³/mol. The van der Waals surface area contributed by atoms with Gasteiger partial charge in [-0.2, -0.15) is 0 Å². The van der Waals surface area contributed by atoms with Crippen molar-refractivity contribution >= 4 is 10.9 Å². The van der Waals surface area contributed by atoms with Crippen LogP contribution in [0.25, 0.3) is 10.9 Å². The Morgan fingerprint density at radius 3 is 2.47 bits per heavy atom. The van der Waals surface area contributed by atoms with Gasteiger partial charge in [0.2, 0.25) is 0 Å². The molecule has 2 N–H and O–H groups in total. The smallest absolute Gasteiger partial charge is 0.326 e. The molecule has 0 amide bonds. The van der Waals surface area contributed by atoms with E-state index in [0.29, 0.717) is 16.7 Å². The van der Waals surface area contributed by atoms with E-state index in [4.69, 9.17) is 4.74 Å². The first-order valence-corrected chi connectivity index (χ1v) is 5.30. The summed E-state index contributed by atoms with van der Waals surface area (Å²) >= 11 is 0. The zero-order valence-electron chi connectivity index (χ0n) is 9.96. The van der Waals surface area contributed by atoms with E-state index in [0.717, 1.165) is 0 Å². The van der Waals surface area contributed by atoms with Crippen LogP contribution in [0.3, 0.4) is 0 Å². The molecule has 0 unspecified atom stereocenters. The minimum Gasteiger partial charge on any atom is -0.488 e. The van der Waals surface area contributed by atoms with Gasteiger partial charge in [0.05, 0.1) is 10.9 Å². The van der Waals surface area contributed by atoms with E-state index in [1.165, 1.54) is 0 Å². The number of fused-ring (bicyclic) bond motifs is 1. The Morgan fingerprint density at radius 1 is 1.12 bits per heavy atom. The fourth-order valence-electron chi connectivity index (χ4n) is 1.57. The van der Waals surface area contributed by atoms with Gasteiger partial charge in [0, 0.05) is 6.07 Å². The lowest BCUT2D eigenvalue weighted by Gasteiger charge is -2.21. The van der Waals surface area contributed by atoms with Gasteiger partial charge in [0.15, 0.2) is 0 Å². The van der Waals surface area contributed by atoms with Gasteiger partial charge >= 0.3 is 5.69 Å². The molecular formula is C12H14N2O3. The van der Waals surface area contributed by atoms with Gasteiger partial charge in [-0.05, 0) is 32.9 Å². The van der Waals surface area contributed by atoms with Crippen molar-refractivity contribution in [3.8, 4) is 5.75 Å². The van der Waals surface area contributed by atoms with Gasteiger partial charge in [-0.25, -0.2) is 4.79 Å². The molecule has 0 aliphatic carbocycles. The van der Waals surface area contributed by atoms with Crippen molar-refractivity contribution in [2.45, 2.75) is 26.4 Å². The van der Waals surface area contributed by atoms with E-state index < -0.39 is 11.2 Å². The molecule has 0 radical (unpaired) electrons. The maximum atomic E-state index is 11.5. The normalized spacial score (nSPS) is 11.7. The zero-order valence-corrected chi connectivity index (χ0v) is 9.96. The van der Waals surface area contributed by atoms with Crippen molar-refractivity contribution in [2.24, 2.45) is 0 Å². The molecule has 0 saturated carbocycles. The molecule has 2 rings (SSSR count). The van der Waals surface area contributed by atoms with Crippen LogP contribution in [0.1, 0.15) is 20.8 Å². The average Bonchev–Trinajstić information content (AvgIpc) is 2.13. The monoisotopic (exact) mass is 234 g/mol. The number of ether oxygens (including phenoxy) is 1. The Labute approximate surface area is 97.4 Å². The summed E-state index contributed by atoms with van der Waals surface area (Å²) in [6.45, 7) is 5.78. The highest BCUT2D eigenvalue weighted by molar-refractivity contribution is 5.78. The molecule has 0 aliphatic rings. The SMILES string of the molecule is CC(C)(C)Oc1ccc2c(=O)[nH]c(=O)[nH]c2c1. The molecule has 2 aromatic rings. The average molecular weight is 234 g/mol. The molecule has 90 valence electrons. The maximum Gasteiger partial charge on any atom is 0.326 e. The standard InChI is InChI=1S/C12H14N2O3/c1-12(2,3)17-7-4-5-8-9(6-7)13-11(16)14-10(8)15/h4-6H,1-3H3,(H2,13,14,15,16). The van der Waals surface area contributed by atoms with Crippen LogP contribution < -0.4 is 16.0 Å². The van der Waals surface area contributed by atoms with Crippen molar-refractivity contribution in [3.05, 3.63) is 39.0 Å². The predicted octanol–water partition coefficient (Wildman–Crippen LogP) is 1.39. The van der Waals surface area contributed by atoms with Crippen molar-refractivity contribution in [1.82, 2.24) is 9.97 Å². The van der Waals surface area contributed by atoms with Gasteiger partial charge in [0.1, 0.15) is 11.4 Å². The number of aromatic nitrogens is 2. The van der Waals surface area contributed by atoms with Gasteiger partial charge in [-0.1, -0.05) is 0 Å². The van der Waals surface area contributed by atoms with Gasteiger partial charge in [-0.15, -0.1) is 0 Å². The Kier molecular flexibility index (Phi) is 2.53. The first kappa shape index (κ1) is 11.4. The summed E-state index contributed by atoms with van der Waals surface area (Å²) in [5, 5.41) is 0.436. The molecular weight excluding hydrogens is 220 g/mol. The molecule has 0 fully saturated rings. The third-order valence-corrected chi connectivity index (χ3v) is 2.13. The van der Waals surface area contributed by atoms with Crippen LogP contribution in [0, 0.1) is 0 Å². The van der Waals surface area contributed by atoms with E-state index in [1.54, 1.807) is 18.2 Å². The lowest BCUT2D eigenvalue weighted by Crippen LogP contribution is -2.24. The molecule has 1 aromatic heterocycles. The molecule has 0 bridgehead atoms. The largest absolute Gasteiger partial charge is 0.488 e. The number of hydrogen-bond acceptors (Lipinski definition) is 3. The maximum absolute atomic E-state index is 11.5. The lowest BCUT2D eigenvalue weighted by atomic mass is 10.2. The molecule has 0 spiro atoms. The van der Waals surface area contributed by atoms with Crippen LogP contribution in [-0.2, 0) is 0 Å². The second-order valence-corrected chi connectivity index (χ2v) is 4.83. The Bertz CT molecular complexity index is 662. The second kappa shape index (κ2) is 3.76. The van der Waals surface area contributed by atoms with Crippen LogP contribution >= 0.6 is 0 Å². The van der Waals surface area contributed by atoms with Crippen LogP contribution in [-0.4, -0.2) is 15.6 Å². The van der Waals surface area contributed by atoms with Crippen LogP contribution in [0.5, 0.6) is 5.75 Å². The molecule has 5 heteroatoms. The fourth-order valence-corrected chi connectivity index (χ4v) is 1.57. The summed E-state index contributed by atoms with van der Waals surface area (Å²) in [5.74, 6) is 0.617. The first-order chi connectivity index (χ1) is 7.85. The van der Waals surface area contributed by atoms with Crippen molar-refractivity contribution in [1.29, 1.82) is 0 Å². The van der Waals surface area contributed by atoms with E-state index in [9.17, 15) is 9.59 Å². The molecule has 0 saturated heterocycles. The van der Waals surface area contributed by atoms with Crippen LogP contribution in [0.4, 0.5) is 0 Å². The summed E-state index contributed by atoms with van der Waals surface area (Å²) in [6, 6.07) is 4.99. The van der Waals surface area contributed by atoms with E-state index in [2.05, 4.69) is 9.97 Å². The molecule has 1 heterocycles. The van der Waals surface area contributed by atoms with Gasteiger partial charge in [-0.3, -0.25) is 9.78 Å². The highest BCUT2D eigenvalue weighted by Gasteiger charge is 2.12. The van der Waals surface area contributed by atoms with Crippen LogP contribution in [0.15, 0.2) is 27.8 Å². The zero-order chi connectivity index (χ0) is 12.6.